The van der Waals surface area contributed by atoms with Crippen LogP contribution in [0.4, 0.5) is 4.39 Å². The van der Waals surface area contributed by atoms with E-state index in [0.29, 0.717) is 6.54 Å². The second kappa shape index (κ2) is 5.12. The number of hydrogen-bond donors (Lipinski definition) is 1. The molecule has 0 aromatic carbocycles. The molecule has 1 heterocycles. The van der Waals surface area contributed by atoms with Crippen LogP contribution in [0.3, 0.4) is 0 Å². The molecule has 1 fully saturated rings. The molecule has 3 nitrogen and oxygen atoms in total. The molecule has 0 unspecified atom stereocenters. The molecule has 92 valence electrons. The van der Waals surface area contributed by atoms with Crippen molar-refractivity contribution in [1.29, 1.82) is 0 Å². The number of nitrogens with one attached hydrogen (secondary N) is 1. The van der Waals surface area contributed by atoms with Gasteiger partial charge in [-0.05, 0) is 30.7 Å². The average Bonchev–Trinajstić information content (AvgIpc) is 3.07. The maximum Gasteiger partial charge on any atom is 0.252 e. The van der Waals surface area contributed by atoms with Crippen LogP contribution >= 0.6 is 15.9 Å². The van der Waals surface area contributed by atoms with Crippen LogP contribution in [0.25, 0.3) is 0 Å². The maximum absolute atomic E-state index is 12.9. The quantitative estimate of drug-likeness (QED) is 0.849. The van der Waals surface area contributed by atoms with Crippen LogP contribution in [0.2, 0.25) is 0 Å². The van der Waals surface area contributed by atoms with Crippen LogP contribution in [-0.4, -0.2) is 22.8 Å². The number of pyridine rings is 1. The van der Waals surface area contributed by atoms with Gasteiger partial charge < -0.3 is 5.32 Å². The van der Waals surface area contributed by atoms with Crippen molar-refractivity contribution in [2.75, 3.05) is 11.9 Å². The molecule has 0 aliphatic heterocycles. The summed E-state index contributed by atoms with van der Waals surface area (Å²) >= 11 is 3.41. The molecule has 0 bridgehead atoms. The summed E-state index contributed by atoms with van der Waals surface area (Å²) < 4.78 is 12.9. The van der Waals surface area contributed by atoms with E-state index in [2.05, 4.69) is 26.2 Å². The van der Waals surface area contributed by atoms with Crippen LogP contribution in [-0.2, 0) is 0 Å². The van der Waals surface area contributed by atoms with E-state index in [1.54, 1.807) is 0 Å². The predicted octanol–water partition coefficient (Wildman–Crippen LogP) is 2.52. The van der Waals surface area contributed by atoms with Gasteiger partial charge in [0.05, 0.1) is 11.8 Å². The molecule has 1 amide bonds. The van der Waals surface area contributed by atoms with Crippen molar-refractivity contribution in [3.63, 3.8) is 0 Å². The van der Waals surface area contributed by atoms with Crippen molar-refractivity contribution < 1.29 is 9.18 Å². The maximum atomic E-state index is 12.9. The van der Waals surface area contributed by atoms with E-state index >= 15 is 0 Å². The lowest BCUT2D eigenvalue weighted by Gasteiger charge is -2.14. The summed E-state index contributed by atoms with van der Waals surface area (Å²) in [5.41, 5.74) is 0.541. The molecule has 1 aromatic rings. The Labute approximate surface area is 108 Å². The number of carbonyl (C=O) groups excluding carboxylic acids is 1. The average molecular weight is 301 g/mol. The molecule has 1 aromatic heterocycles. The Morgan fingerprint density at radius 1 is 1.53 bits per heavy atom. The van der Waals surface area contributed by atoms with Crippen molar-refractivity contribution >= 4 is 21.8 Å². The Bertz CT molecular complexity index is 421. The predicted molar refractivity (Wildman–Crippen MR) is 66.6 cm³/mol. The zero-order valence-electron chi connectivity index (χ0n) is 9.38. The second-order valence-corrected chi connectivity index (χ2v) is 5.31. The van der Waals surface area contributed by atoms with Gasteiger partial charge in [0.1, 0.15) is 5.82 Å². The van der Waals surface area contributed by atoms with Gasteiger partial charge in [-0.15, -0.1) is 0 Å². The first-order valence-electron chi connectivity index (χ1n) is 5.60. The minimum absolute atomic E-state index is 0.252. The third kappa shape index (κ3) is 3.25. The molecule has 1 aliphatic rings. The summed E-state index contributed by atoms with van der Waals surface area (Å²) in [5.74, 6) is -0.739. The minimum atomic E-state index is -0.487. The summed E-state index contributed by atoms with van der Waals surface area (Å²) in [6, 6.07) is 1.20. The Kier molecular flexibility index (Phi) is 3.76. The molecule has 0 saturated heterocycles. The van der Waals surface area contributed by atoms with E-state index in [-0.39, 0.29) is 16.9 Å². The number of rotatable bonds is 5. The van der Waals surface area contributed by atoms with Crippen LogP contribution in [0.1, 0.15) is 29.6 Å². The number of carbonyl (C=O) groups is 1. The zero-order chi connectivity index (χ0) is 12.3. The third-order valence-corrected chi connectivity index (χ3v) is 3.57. The molecule has 0 radical (unpaired) electrons. The Morgan fingerprint density at radius 2 is 2.29 bits per heavy atom. The van der Waals surface area contributed by atoms with Crippen molar-refractivity contribution in [3.05, 3.63) is 29.8 Å². The van der Waals surface area contributed by atoms with Crippen LogP contribution in [0, 0.1) is 11.2 Å². The molecule has 1 saturated carbocycles. The lowest BCUT2D eigenvalue weighted by molar-refractivity contribution is 0.0943. The fourth-order valence-electron chi connectivity index (χ4n) is 1.80. The smallest absolute Gasteiger partial charge is 0.252 e. The van der Waals surface area contributed by atoms with Crippen LogP contribution in [0.15, 0.2) is 18.5 Å². The minimum Gasteiger partial charge on any atom is -0.351 e. The Hall–Kier alpha value is -0.970. The summed E-state index contributed by atoms with van der Waals surface area (Å²) in [4.78, 5) is 15.4. The summed E-state index contributed by atoms with van der Waals surface area (Å²) in [5, 5.41) is 3.80. The highest BCUT2D eigenvalue weighted by molar-refractivity contribution is 9.09. The fraction of sp³-hybridized carbons (Fsp3) is 0.500. The van der Waals surface area contributed by atoms with Gasteiger partial charge in [0, 0.05) is 18.1 Å². The van der Waals surface area contributed by atoms with Gasteiger partial charge in [0.2, 0.25) is 0 Å². The molecular formula is C12H14BrFN2O. The van der Waals surface area contributed by atoms with Crippen LogP contribution in [0.5, 0.6) is 0 Å². The Morgan fingerprint density at radius 3 is 2.88 bits per heavy atom. The normalized spacial score (nSPS) is 16.6. The monoisotopic (exact) mass is 300 g/mol. The lowest BCUT2D eigenvalue weighted by atomic mass is 10.0. The molecule has 0 atom stereocenters. The van der Waals surface area contributed by atoms with Gasteiger partial charge in [0.25, 0.3) is 5.91 Å². The summed E-state index contributed by atoms with van der Waals surface area (Å²) in [7, 11) is 0. The molecule has 1 N–H and O–H groups in total. The first-order valence-corrected chi connectivity index (χ1v) is 6.72. The SMILES string of the molecule is O=C(NCC1(CCBr)CC1)c1cncc(F)c1. The van der Waals surface area contributed by atoms with E-state index in [4.69, 9.17) is 0 Å². The number of halogens is 2. The Balaban J connectivity index is 1.90. The highest BCUT2D eigenvalue weighted by Gasteiger charge is 2.41. The van der Waals surface area contributed by atoms with Gasteiger partial charge in [-0.25, -0.2) is 4.39 Å². The molecule has 0 spiro atoms. The van der Waals surface area contributed by atoms with Gasteiger partial charge >= 0.3 is 0 Å². The highest BCUT2D eigenvalue weighted by Crippen LogP contribution is 2.48. The van der Waals surface area contributed by atoms with E-state index < -0.39 is 5.82 Å². The molecule has 2 rings (SSSR count). The first-order chi connectivity index (χ1) is 8.15. The number of hydrogen-bond acceptors (Lipinski definition) is 2. The van der Waals surface area contributed by atoms with Crippen molar-refractivity contribution in [3.8, 4) is 0 Å². The molecule has 17 heavy (non-hydrogen) atoms. The molecule has 5 heteroatoms. The number of aromatic nitrogens is 1. The fourth-order valence-corrected chi connectivity index (χ4v) is 2.64. The van der Waals surface area contributed by atoms with Crippen LogP contribution < -0.4 is 5.32 Å². The van der Waals surface area contributed by atoms with Gasteiger partial charge in [0.15, 0.2) is 0 Å². The van der Waals surface area contributed by atoms with Gasteiger partial charge in [-0.3, -0.25) is 9.78 Å². The van der Waals surface area contributed by atoms with Crippen molar-refractivity contribution in [1.82, 2.24) is 10.3 Å². The van der Waals surface area contributed by atoms with E-state index in [1.807, 2.05) is 0 Å². The standard InChI is InChI=1S/C12H14BrFN2O/c13-4-3-12(1-2-12)8-16-11(17)9-5-10(14)7-15-6-9/h5-7H,1-4,8H2,(H,16,17). The van der Waals surface area contributed by atoms with E-state index in [0.717, 1.165) is 30.8 Å². The number of alkyl halides is 1. The molecular weight excluding hydrogens is 287 g/mol. The second-order valence-electron chi connectivity index (χ2n) is 4.51. The topological polar surface area (TPSA) is 42.0 Å². The van der Waals surface area contributed by atoms with Crippen molar-refractivity contribution in [2.45, 2.75) is 19.3 Å². The first kappa shape index (κ1) is 12.5. The largest absolute Gasteiger partial charge is 0.351 e. The van der Waals surface area contributed by atoms with Gasteiger partial charge in [-0.1, -0.05) is 15.9 Å². The summed E-state index contributed by atoms with van der Waals surface area (Å²) in [6.45, 7) is 0.661. The lowest BCUT2D eigenvalue weighted by Crippen LogP contribution is -2.30. The van der Waals surface area contributed by atoms with E-state index in [9.17, 15) is 9.18 Å². The third-order valence-electron chi connectivity index (χ3n) is 3.17. The van der Waals surface area contributed by atoms with Crippen molar-refractivity contribution in [2.24, 2.45) is 5.41 Å². The number of amides is 1. The molecule has 1 aliphatic carbocycles. The van der Waals surface area contributed by atoms with Gasteiger partial charge in [-0.2, -0.15) is 0 Å². The number of nitrogens with zero attached hydrogens (tertiary/aromatic N) is 1. The zero-order valence-corrected chi connectivity index (χ0v) is 11.0. The highest BCUT2D eigenvalue weighted by atomic mass is 79.9. The van der Waals surface area contributed by atoms with E-state index in [1.165, 1.54) is 12.3 Å². The summed E-state index contributed by atoms with van der Waals surface area (Å²) in [6.07, 6.45) is 5.84.